The largest absolute Gasteiger partial charge is 0.310 e. The van der Waals surface area contributed by atoms with E-state index < -0.39 is 11.6 Å². The smallest absolute Gasteiger partial charge is 0.164 e. The van der Waals surface area contributed by atoms with Gasteiger partial charge in [0.2, 0.25) is 0 Å². The molecule has 0 aliphatic carbocycles. The molecule has 0 radical (unpaired) electrons. The highest BCUT2D eigenvalue weighted by molar-refractivity contribution is 6.16. The van der Waals surface area contributed by atoms with Gasteiger partial charge in [-0.25, -0.2) is 8.78 Å². The van der Waals surface area contributed by atoms with Crippen molar-refractivity contribution in [1.29, 1.82) is 0 Å². The molecular formula is C11H10ClF2N3. The zero-order chi connectivity index (χ0) is 12.4. The summed E-state index contributed by atoms with van der Waals surface area (Å²) in [7, 11) is 0. The van der Waals surface area contributed by atoms with Crippen LogP contribution in [0.3, 0.4) is 0 Å². The molecule has 0 amide bonds. The molecule has 1 aromatic heterocycles. The molecule has 1 heterocycles. The molecule has 1 aromatic carbocycles. The van der Waals surface area contributed by atoms with Crippen LogP contribution < -0.4 is 0 Å². The predicted octanol–water partition coefficient (Wildman–Crippen LogP) is 2.98. The Morgan fingerprint density at radius 1 is 1.18 bits per heavy atom. The number of hydrogen-bond donors (Lipinski definition) is 0. The molecule has 17 heavy (non-hydrogen) atoms. The van der Waals surface area contributed by atoms with Crippen molar-refractivity contribution < 1.29 is 8.78 Å². The van der Waals surface area contributed by atoms with Crippen LogP contribution in [0.1, 0.15) is 12.7 Å². The van der Waals surface area contributed by atoms with Gasteiger partial charge >= 0.3 is 0 Å². The molecule has 0 aliphatic rings. The first-order valence-electron chi connectivity index (χ1n) is 5.10. The van der Waals surface area contributed by atoms with Crippen LogP contribution in [0, 0.1) is 11.6 Å². The molecule has 0 bridgehead atoms. The number of benzene rings is 1. The molecule has 90 valence electrons. The fraction of sp³-hybridized carbons (Fsp3) is 0.273. The van der Waals surface area contributed by atoms with Gasteiger partial charge in [0, 0.05) is 18.2 Å². The Morgan fingerprint density at radius 3 is 2.35 bits per heavy atom. The Hall–Kier alpha value is -1.49. The number of alkyl halides is 1. The molecule has 0 aliphatic heterocycles. The van der Waals surface area contributed by atoms with Gasteiger partial charge in [0.25, 0.3) is 0 Å². The van der Waals surface area contributed by atoms with Crippen molar-refractivity contribution in [3.05, 3.63) is 35.7 Å². The molecule has 2 aromatic rings. The molecule has 0 saturated carbocycles. The average Bonchev–Trinajstić information content (AvgIpc) is 2.70. The molecule has 0 unspecified atom stereocenters. The maximum Gasteiger partial charge on any atom is 0.164 e. The van der Waals surface area contributed by atoms with Crippen LogP contribution in [-0.4, -0.2) is 14.8 Å². The second-order valence-electron chi connectivity index (χ2n) is 3.48. The van der Waals surface area contributed by atoms with Crippen molar-refractivity contribution >= 4 is 11.6 Å². The summed E-state index contributed by atoms with van der Waals surface area (Å²) < 4.78 is 28.0. The third kappa shape index (κ3) is 2.29. The second-order valence-corrected chi connectivity index (χ2v) is 3.74. The number of halogens is 3. The fourth-order valence-corrected chi connectivity index (χ4v) is 1.86. The first-order valence-corrected chi connectivity index (χ1v) is 5.63. The maximum absolute atomic E-state index is 13.1. The van der Waals surface area contributed by atoms with Gasteiger partial charge in [0.05, 0.1) is 5.88 Å². The summed E-state index contributed by atoms with van der Waals surface area (Å²) in [6.07, 6.45) is 0. The van der Waals surface area contributed by atoms with E-state index in [0.29, 0.717) is 23.8 Å². The lowest BCUT2D eigenvalue weighted by atomic mass is 10.2. The highest BCUT2D eigenvalue weighted by Crippen LogP contribution is 2.21. The average molecular weight is 258 g/mol. The minimum absolute atomic E-state index is 0.207. The molecule has 0 fully saturated rings. The number of aromatic nitrogens is 3. The summed E-state index contributed by atoms with van der Waals surface area (Å²) in [5, 5.41) is 7.78. The summed E-state index contributed by atoms with van der Waals surface area (Å²) >= 11 is 5.70. The monoisotopic (exact) mass is 257 g/mol. The first-order chi connectivity index (χ1) is 8.15. The zero-order valence-electron chi connectivity index (χ0n) is 9.12. The number of hydrogen-bond acceptors (Lipinski definition) is 2. The van der Waals surface area contributed by atoms with E-state index in [2.05, 4.69) is 10.2 Å². The third-order valence-corrected chi connectivity index (χ3v) is 2.62. The normalized spacial score (nSPS) is 10.8. The molecule has 2 rings (SSSR count). The number of nitrogens with zero attached hydrogens (tertiary/aromatic N) is 3. The molecule has 0 spiro atoms. The van der Waals surface area contributed by atoms with E-state index in [-0.39, 0.29) is 5.88 Å². The Balaban J connectivity index is 2.55. The van der Waals surface area contributed by atoms with Gasteiger partial charge in [-0.05, 0) is 19.1 Å². The lowest BCUT2D eigenvalue weighted by Crippen LogP contribution is -2.02. The minimum atomic E-state index is -0.641. The summed E-state index contributed by atoms with van der Waals surface area (Å²) in [6, 6.07) is 3.26. The van der Waals surface area contributed by atoms with Gasteiger partial charge in [-0.2, -0.15) is 0 Å². The molecule has 6 heteroatoms. The highest BCUT2D eigenvalue weighted by atomic mass is 35.5. The third-order valence-electron chi connectivity index (χ3n) is 2.38. The summed E-state index contributed by atoms with van der Waals surface area (Å²) in [6.45, 7) is 2.47. The van der Waals surface area contributed by atoms with Gasteiger partial charge in [-0.3, -0.25) is 0 Å². The van der Waals surface area contributed by atoms with Crippen molar-refractivity contribution in [3.8, 4) is 11.4 Å². The minimum Gasteiger partial charge on any atom is -0.310 e. The van der Waals surface area contributed by atoms with Crippen LogP contribution in [0.15, 0.2) is 18.2 Å². The van der Waals surface area contributed by atoms with Crippen LogP contribution in [-0.2, 0) is 12.4 Å². The van der Waals surface area contributed by atoms with Gasteiger partial charge in [0.1, 0.15) is 17.5 Å². The van der Waals surface area contributed by atoms with Crippen LogP contribution >= 0.6 is 11.6 Å². The van der Waals surface area contributed by atoms with Gasteiger partial charge in [-0.15, -0.1) is 21.8 Å². The Kier molecular flexibility index (Phi) is 3.38. The lowest BCUT2D eigenvalue weighted by Gasteiger charge is -2.06. The second kappa shape index (κ2) is 4.79. The fourth-order valence-electron chi connectivity index (χ4n) is 1.66. The van der Waals surface area contributed by atoms with E-state index in [0.717, 1.165) is 6.07 Å². The topological polar surface area (TPSA) is 30.7 Å². The van der Waals surface area contributed by atoms with E-state index in [1.165, 1.54) is 12.1 Å². The van der Waals surface area contributed by atoms with Crippen LogP contribution in [0.4, 0.5) is 8.78 Å². The van der Waals surface area contributed by atoms with Crippen molar-refractivity contribution in [2.75, 3.05) is 0 Å². The zero-order valence-corrected chi connectivity index (χ0v) is 9.88. The standard InChI is InChI=1S/C11H10ClF2N3/c1-2-17-10(6-12)15-16-11(17)7-3-8(13)5-9(14)4-7/h3-5H,2,6H2,1H3. The van der Waals surface area contributed by atoms with E-state index in [1.54, 1.807) is 4.57 Å². The SMILES string of the molecule is CCn1c(CCl)nnc1-c1cc(F)cc(F)c1. The van der Waals surface area contributed by atoms with Crippen molar-refractivity contribution in [1.82, 2.24) is 14.8 Å². The Labute approximate surface area is 102 Å². The van der Waals surface area contributed by atoms with E-state index in [9.17, 15) is 8.78 Å². The van der Waals surface area contributed by atoms with Crippen molar-refractivity contribution in [3.63, 3.8) is 0 Å². The molecule has 0 atom stereocenters. The maximum atomic E-state index is 13.1. The van der Waals surface area contributed by atoms with E-state index >= 15 is 0 Å². The molecule has 0 N–H and O–H groups in total. The highest BCUT2D eigenvalue weighted by Gasteiger charge is 2.13. The van der Waals surface area contributed by atoms with Gasteiger partial charge in [0.15, 0.2) is 5.82 Å². The van der Waals surface area contributed by atoms with Crippen LogP contribution in [0.5, 0.6) is 0 Å². The van der Waals surface area contributed by atoms with E-state index in [1.807, 2.05) is 6.92 Å². The summed E-state index contributed by atoms with van der Waals surface area (Å²) in [5.41, 5.74) is 0.355. The number of rotatable bonds is 3. The predicted molar refractivity (Wildman–Crippen MR) is 60.6 cm³/mol. The molecule has 3 nitrogen and oxygen atoms in total. The first kappa shape index (κ1) is 12.0. The van der Waals surface area contributed by atoms with E-state index in [4.69, 9.17) is 11.6 Å². The van der Waals surface area contributed by atoms with Crippen molar-refractivity contribution in [2.24, 2.45) is 0 Å². The lowest BCUT2D eigenvalue weighted by molar-refractivity contribution is 0.583. The summed E-state index contributed by atoms with van der Waals surface area (Å²) in [4.78, 5) is 0. The Bertz CT molecular complexity index is 519. The quantitative estimate of drug-likeness (QED) is 0.792. The summed E-state index contributed by atoms with van der Waals surface area (Å²) in [5.74, 6) is -0.0786. The molecule has 0 saturated heterocycles. The van der Waals surface area contributed by atoms with Gasteiger partial charge < -0.3 is 4.57 Å². The van der Waals surface area contributed by atoms with Crippen LogP contribution in [0.25, 0.3) is 11.4 Å². The van der Waals surface area contributed by atoms with Crippen molar-refractivity contribution in [2.45, 2.75) is 19.3 Å². The van der Waals surface area contributed by atoms with Crippen LogP contribution in [0.2, 0.25) is 0 Å². The van der Waals surface area contributed by atoms with Gasteiger partial charge in [-0.1, -0.05) is 0 Å². The molecular weight excluding hydrogens is 248 g/mol. The Morgan fingerprint density at radius 2 is 1.82 bits per heavy atom.